The Morgan fingerprint density at radius 3 is 2.88 bits per heavy atom. The number of morpholine rings is 1. The van der Waals surface area contributed by atoms with Crippen LogP contribution in [0.15, 0.2) is 30.5 Å². The Morgan fingerprint density at radius 2 is 2.16 bits per heavy atom. The Morgan fingerprint density at radius 1 is 1.36 bits per heavy atom. The molecule has 0 aliphatic carbocycles. The van der Waals surface area contributed by atoms with Gasteiger partial charge in [0.05, 0.1) is 20.3 Å². The lowest BCUT2D eigenvalue weighted by atomic mass is 10.2. The first-order valence-electron chi connectivity index (χ1n) is 7.83. The standard InChI is InChI=1S/C17H19N3O5/c1-11-3-4-15(24-2)13(9-11)20-6-5-12(18-20)16(21)19-7-8-25-10-14(19)17(22)23/h3-6,9,14H,7-8,10H2,1-2H3,(H,22,23). The van der Waals surface area contributed by atoms with E-state index < -0.39 is 17.9 Å². The molecule has 1 unspecified atom stereocenters. The van der Waals surface area contributed by atoms with Gasteiger partial charge in [0.1, 0.15) is 11.4 Å². The highest BCUT2D eigenvalue weighted by atomic mass is 16.5. The third-order valence-electron chi connectivity index (χ3n) is 4.06. The van der Waals surface area contributed by atoms with E-state index >= 15 is 0 Å². The van der Waals surface area contributed by atoms with Gasteiger partial charge in [-0.3, -0.25) is 4.79 Å². The van der Waals surface area contributed by atoms with Gasteiger partial charge in [0.2, 0.25) is 0 Å². The van der Waals surface area contributed by atoms with Crippen LogP contribution in [-0.4, -0.2) is 64.6 Å². The molecule has 1 aromatic heterocycles. The second-order valence-electron chi connectivity index (χ2n) is 5.75. The molecule has 132 valence electrons. The maximum atomic E-state index is 12.7. The number of rotatable bonds is 4. The molecule has 1 atom stereocenters. The van der Waals surface area contributed by atoms with Crippen LogP contribution in [0.25, 0.3) is 5.69 Å². The van der Waals surface area contributed by atoms with Crippen molar-refractivity contribution >= 4 is 11.9 Å². The predicted octanol–water partition coefficient (Wildman–Crippen LogP) is 1.11. The van der Waals surface area contributed by atoms with Crippen LogP contribution in [0.2, 0.25) is 0 Å². The molecule has 8 nitrogen and oxygen atoms in total. The lowest BCUT2D eigenvalue weighted by molar-refractivity contribution is -0.147. The van der Waals surface area contributed by atoms with Gasteiger partial charge < -0.3 is 19.5 Å². The number of methoxy groups -OCH3 is 1. The number of ether oxygens (including phenoxy) is 2. The minimum absolute atomic E-state index is 0.0204. The van der Waals surface area contributed by atoms with Gasteiger partial charge in [-0.2, -0.15) is 5.10 Å². The van der Waals surface area contributed by atoms with Crippen LogP contribution in [0.4, 0.5) is 0 Å². The van der Waals surface area contributed by atoms with Crippen LogP contribution >= 0.6 is 0 Å². The average Bonchev–Trinajstić information content (AvgIpc) is 3.11. The van der Waals surface area contributed by atoms with E-state index in [4.69, 9.17) is 9.47 Å². The maximum absolute atomic E-state index is 12.7. The molecule has 1 aliphatic heterocycles. The summed E-state index contributed by atoms with van der Waals surface area (Å²) in [7, 11) is 1.56. The minimum atomic E-state index is -1.09. The molecule has 1 amide bonds. The van der Waals surface area contributed by atoms with Crippen molar-refractivity contribution in [1.29, 1.82) is 0 Å². The molecule has 0 saturated carbocycles. The minimum Gasteiger partial charge on any atom is -0.494 e. The Labute approximate surface area is 144 Å². The summed E-state index contributed by atoms with van der Waals surface area (Å²) in [6.45, 7) is 2.45. The van der Waals surface area contributed by atoms with Gasteiger partial charge in [-0.1, -0.05) is 6.07 Å². The quantitative estimate of drug-likeness (QED) is 0.892. The number of aliphatic carboxylic acids is 1. The van der Waals surface area contributed by atoms with E-state index in [1.807, 2.05) is 25.1 Å². The molecular weight excluding hydrogens is 326 g/mol. The fraction of sp³-hybridized carbons (Fsp3) is 0.353. The molecule has 1 N–H and O–H groups in total. The van der Waals surface area contributed by atoms with Crippen molar-refractivity contribution in [2.24, 2.45) is 0 Å². The number of hydrogen-bond acceptors (Lipinski definition) is 5. The predicted molar refractivity (Wildman–Crippen MR) is 88.1 cm³/mol. The summed E-state index contributed by atoms with van der Waals surface area (Å²) < 4.78 is 12.1. The third kappa shape index (κ3) is 3.34. The first-order valence-corrected chi connectivity index (χ1v) is 7.83. The zero-order chi connectivity index (χ0) is 18.0. The fourth-order valence-corrected chi connectivity index (χ4v) is 2.75. The molecule has 0 radical (unpaired) electrons. The van der Waals surface area contributed by atoms with Crippen molar-refractivity contribution < 1.29 is 24.2 Å². The topological polar surface area (TPSA) is 93.9 Å². The van der Waals surface area contributed by atoms with E-state index in [-0.39, 0.29) is 18.8 Å². The number of nitrogens with zero attached hydrogens (tertiary/aromatic N) is 3. The highest BCUT2D eigenvalue weighted by Crippen LogP contribution is 2.24. The lowest BCUT2D eigenvalue weighted by Crippen LogP contribution is -2.52. The number of aromatic nitrogens is 2. The molecule has 0 bridgehead atoms. The zero-order valence-corrected chi connectivity index (χ0v) is 14.0. The molecule has 1 aliphatic rings. The first kappa shape index (κ1) is 17.0. The van der Waals surface area contributed by atoms with E-state index in [0.29, 0.717) is 18.0 Å². The lowest BCUT2D eigenvalue weighted by Gasteiger charge is -2.32. The van der Waals surface area contributed by atoms with Crippen molar-refractivity contribution in [1.82, 2.24) is 14.7 Å². The number of carbonyl (C=O) groups excluding carboxylic acids is 1. The van der Waals surface area contributed by atoms with Gasteiger partial charge in [-0.15, -0.1) is 0 Å². The Kier molecular flexibility index (Phi) is 4.71. The summed E-state index contributed by atoms with van der Waals surface area (Å²) in [6.07, 6.45) is 1.65. The SMILES string of the molecule is COc1ccc(C)cc1-n1ccc(C(=O)N2CCOCC2C(=O)O)n1. The van der Waals surface area contributed by atoms with Gasteiger partial charge in [0.15, 0.2) is 11.7 Å². The molecule has 1 saturated heterocycles. The van der Waals surface area contributed by atoms with Crippen molar-refractivity contribution in [3.8, 4) is 11.4 Å². The summed E-state index contributed by atoms with van der Waals surface area (Å²) in [5, 5.41) is 13.6. The second-order valence-corrected chi connectivity index (χ2v) is 5.75. The van der Waals surface area contributed by atoms with Gasteiger partial charge in [-0.05, 0) is 30.7 Å². The van der Waals surface area contributed by atoms with Crippen LogP contribution in [0.1, 0.15) is 16.1 Å². The molecule has 2 aromatic rings. The van der Waals surface area contributed by atoms with Gasteiger partial charge in [-0.25, -0.2) is 9.48 Å². The number of aryl methyl sites for hydroxylation is 1. The van der Waals surface area contributed by atoms with Crippen LogP contribution in [0.5, 0.6) is 5.75 Å². The molecule has 1 aromatic carbocycles. The van der Waals surface area contributed by atoms with E-state index in [1.54, 1.807) is 24.1 Å². The normalized spacial score (nSPS) is 17.4. The van der Waals surface area contributed by atoms with E-state index in [2.05, 4.69) is 5.10 Å². The molecule has 25 heavy (non-hydrogen) atoms. The van der Waals surface area contributed by atoms with Crippen molar-refractivity contribution in [3.05, 3.63) is 41.7 Å². The highest BCUT2D eigenvalue weighted by molar-refractivity contribution is 5.95. The second kappa shape index (κ2) is 6.94. The largest absolute Gasteiger partial charge is 0.494 e. The van der Waals surface area contributed by atoms with Crippen molar-refractivity contribution in [2.45, 2.75) is 13.0 Å². The Balaban J connectivity index is 1.89. The zero-order valence-electron chi connectivity index (χ0n) is 14.0. The van der Waals surface area contributed by atoms with E-state index in [0.717, 1.165) is 5.56 Å². The van der Waals surface area contributed by atoms with Crippen LogP contribution < -0.4 is 4.74 Å². The highest BCUT2D eigenvalue weighted by Gasteiger charge is 2.34. The van der Waals surface area contributed by atoms with Crippen molar-refractivity contribution in [2.75, 3.05) is 26.9 Å². The summed E-state index contributed by atoms with van der Waals surface area (Å²) >= 11 is 0. The summed E-state index contributed by atoms with van der Waals surface area (Å²) in [5.74, 6) is -0.892. The van der Waals surface area contributed by atoms with Crippen LogP contribution in [0, 0.1) is 6.92 Å². The molecule has 1 fully saturated rings. The van der Waals surface area contributed by atoms with Gasteiger partial charge >= 0.3 is 5.97 Å². The number of carboxylic acid groups (broad SMARTS) is 1. The number of hydrogen-bond donors (Lipinski definition) is 1. The smallest absolute Gasteiger partial charge is 0.328 e. The summed E-state index contributed by atoms with van der Waals surface area (Å²) in [4.78, 5) is 25.3. The number of benzene rings is 1. The first-order chi connectivity index (χ1) is 12.0. The molecule has 3 rings (SSSR count). The molecule has 0 spiro atoms. The number of amides is 1. The monoisotopic (exact) mass is 345 g/mol. The maximum Gasteiger partial charge on any atom is 0.328 e. The number of carbonyl (C=O) groups is 2. The number of carboxylic acids is 1. The molecule has 8 heteroatoms. The van der Waals surface area contributed by atoms with E-state index in [9.17, 15) is 14.7 Å². The summed E-state index contributed by atoms with van der Waals surface area (Å²) in [6, 6.07) is 6.21. The molecule has 2 heterocycles. The van der Waals surface area contributed by atoms with Crippen LogP contribution in [-0.2, 0) is 9.53 Å². The average molecular weight is 345 g/mol. The Hall–Kier alpha value is -2.87. The van der Waals surface area contributed by atoms with Crippen LogP contribution in [0.3, 0.4) is 0 Å². The molecular formula is C17H19N3O5. The fourth-order valence-electron chi connectivity index (χ4n) is 2.75. The third-order valence-corrected chi connectivity index (χ3v) is 4.06. The van der Waals surface area contributed by atoms with E-state index in [1.165, 1.54) is 4.90 Å². The van der Waals surface area contributed by atoms with Gasteiger partial charge in [0.25, 0.3) is 5.91 Å². The summed E-state index contributed by atoms with van der Waals surface area (Å²) in [5.41, 5.74) is 1.91. The van der Waals surface area contributed by atoms with Gasteiger partial charge in [0, 0.05) is 12.7 Å². The van der Waals surface area contributed by atoms with Crippen molar-refractivity contribution in [3.63, 3.8) is 0 Å². The Bertz CT molecular complexity index is 801.